The molecule has 0 saturated carbocycles. The molecule has 1 atom stereocenters. The summed E-state index contributed by atoms with van der Waals surface area (Å²) in [6.45, 7) is 7.59. The Morgan fingerprint density at radius 1 is 1.00 bits per heavy atom. The SMILES string of the molecule is C[C@@H](Oc1ccccc1)C(=O)OCC(=O)Nc1ccc(C(C)(C)C)cc1. The van der Waals surface area contributed by atoms with Gasteiger partial charge >= 0.3 is 5.97 Å². The van der Waals surface area contributed by atoms with E-state index in [0.29, 0.717) is 11.4 Å². The molecule has 0 aliphatic heterocycles. The number of amides is 1. The minimum Gasteiger partial charge on any atom is -0.479 e. The maximum atomic E-state index is 12.0. The molecular weight excluding hydrogens is 330 g/mol. The van der Waals surface area contributed by atoms with Crippen LogP contribution in [0.5, 0.6) is 5.75 Å². The second kappa shape index (κ2) is 8.52. The third-order valence-electron chi connectivity index (χ3n) is 3.77. The van der Waals surface area contributed by atoms with E-state index in [1.807, 2.05) is 42.5 Å². The van der Waals surface area contributed by atoms with E-state index in [1.54, 1.807) is 19.1 Å². The topological polar surface area (TPSA) is 64.6 Å². The number of hydrogen-bond acceptors (Lipinski definition) is 4. The Labute approximate surface area is 154 Å². The van der Waals surface area contributed by atoms with E-state index in [-0.39, 0.29) is 12.0 Å². The number of para-hydroxylation sites is 1. The molecule has 26 heavy (non-hydrogen) atoms. The van der Waals surface area contributed by atoms with E-state index < -0.39 is 18.0 Å². The Kier molecular flexibility index (Phi) is 6.39. The number of esters is 1. The fraction of sp³-hybridized carbons (Fsp3) is 0.333. The van der Waals surface area contributed by atoms with Crippen molar-refractivity contribution >= 4 is 17.6 Å². The molecule has 2 aromatic carbocycles. The van der Waals surface area contributed by atoms with E-state index in [1.165, 1.54) is 5.56 Å². The second-order valence-corrected chi connectivity index (χ2v) is 7.06. The molecule has 2 aromatic rings. The van der Waals surface area contributed by atoms with Gasteiger partial charge in [0.15, 0.2) is 12.7 Å². The number of ether oxygens (including phenoxy) is 2. The van der Waals surface area contributed by atoms with Crippen LogP contribution < -0.4 is 10.1 Å². The quantitative estimate of drug-likeness (QED) is 0.797. The largest absolute Gasteiger partial charge is 0.479 e. The minimum atomic E-state index is -0.795. The molecule has 0 aromatic heterocycles. The zero-order chi connectivity index (χ0) is 19.2. The van der Waals surface area contributed by atoms with E-state index >= 15 is 0 Å². The molecule has 0 fully saturated rings. The first kappa shape index (κ1) is 19.5. The molecule has 0 heterocycles. The summed E-state index contributed by atoms with van der Waals surface area (Å²) in [4.78, 5) is 23.9. The summed E-state index contributed by atoms with van der Waals surface area (Å²) in [5, 5.41) is 2.71. The van der Waals surface area contributed by atoms with Crippen LogP contribution in [0, 0.1) is 0 Å². The molecule has 0 unspecified atom stereocenters. The Hall–Kier alpha value is -2.82. The number of anilines is 1. The van der Waals surface area contributed by atoms with Crippen molar-refractivity contribution in [2.24, 2.45) is 0 Å². The van der Waals surface area contributed by atoms with Crippen LogP contribution in [-0.2, 0) is 19.7 Å². The Balaban J connectivity index is 1.80. The van der Waals surface area contributed by atoms with E-state index in [0.717, 1.165) is 0 Å². The molecule has 1 N–H and O–H groups in total. The van der Waals surface area contributed by atoms with Crippen LogP contribution in [-0.4, -0.2) is 24.6 Å². The lowest BCUT2D eigenvalue weighted by Gasteiger charge is -2.19. The first-order valence-corrected chi connectivity index (χ1v) is 8.54. The van der Waals surface area contributed by atoms with Gasteiger partial charge in [0, 0.05) is 5.69 Å². The smallest absolute Gasteiger partial charge is 0.347 e. The van der Waals surface area contributed by atoms with Gasteiger partial charge in [0.25, 0.3) is 5.91 Å². The summed E-state index contributed by atoms with van der Waals surface area (Å²) in [5.41, 5.74) is 1.88. The molecule has 1 amide bonds. The molecule has 0 aliphatic carbocycles. The van der Waals surface area contributed by atoms with Crippen molar-refractivity contribution in [3.63, 3.8) is 0 Å². The standard InChI is InChI=1S/C21H25NO4/c1-15(26-18-8-6-5-7-9-18)20(24)25-14-19(23)22-17-12-10-16(11-13-17)21(2,3)4/h5-13,15H,14H2,1-4H3,(H,22,23)/t15-/m1/s1. The maximum Gasteiger partial charge on any atom is 0.347 e. The van der Waals surface area contributed by atoms with E-state index in [4.69, 9.17) is 9.47 Å². The van der Waals surface area contributed by atoms with E-state index in [9.17, 15) is 9.59 Å². The number of carbonyl (C=O) groups is 2. The normalized spacial score (nSPS) is 12.2. The number of rotatable bonds is 6. The van der Waals surface area contributed by atoms with Crippen LogP contribution in [0.15, 0.2) is 54.6 Å². The van der Waals surface area contributed by atoms with Crippen molar-refractivity contribution in [2.45, 2.75) is 39.2 Å². The van der Waals surface area contributed by atoms with Gasteiger partial charge in [0.2, 0.25) is 0 Å². The molecule has 0 radical (unpaired) electrons. The lowest BCUT2D eigenvalue weighted by atomic mass is 9.87. The summed E-state index contributed by atoms with van der Waals surface area (Å²) in [6.07, 6.45) is -0.795. The number of hydrogen-bond donors (Lipinski definition) is 1. The van der Waals surface area contributed by atoms with Gasteiger partial charge in [-0.3, -0.25) is 4.79 Å². The van der Waals surface area contributed by atoms with Gasteiger partial charge in [-0.1, -0.05) is 51.1 Å². The monoisotopic (exact) mass is 355 g/mol. The molecule has 5 heteroatoms. The third-order valence-corrected chi connectivity index (χ3v) is 3.77. The van der Waals surface area contributed by atoms with Crippen molar-refractivity contribution in [3.05, 3.63) is 60.2 Å². The predicted molar refractivity (Wildman–Crippen MR) is 101 cm³/mol. The van der Waals surface area contributed by atoms with Crippen molar-refractivity contribution in [2.75, 3.05) is 11.9 Å². The van der Waals surface area contributed by atoms with E-state index in [2.05, 4.69) is 26.1 Å². The van der Waals surface area contributed by atoms with Crippen molar-refractivity contribution in [3.8, 4) is 5.75 Å². The lowest BCUT2D eigenvalue weighted by molar-refractivity contribution is -0.153. The van der Waals surface area contributed by atoms with Gasteiger partial charge in [-0.05, 0) is 42.2 Å². The highest BCUT2D eigenvalue weighted by Gasteiger charge is 2.18. The van der Waals surface area contributed by atoms with Gasteiger partial charge in [0.1, 0.15) is 5.75 Å². The van der Waals surface area contributed by atoms with Crippen LogP contribution in [0.2, 0.25) is 0 Å². The van der Waals surface area contributed by atoms with Gasteiger partial charge in [-0.25, -0.2) is 4.79 Å². The first-order chi connectivity index (χ1) is 12.3. The Morgan fingerprint density at radius 3 is 2.19 bits per heavy atom. The highest BCUT2D eigenvalue weighted by molar-refractivity contribution is 5.93. The van der Waals surface area contributed by atoms with Crippen LogP contribution in [0.1, 0.15) is 33.3 Å². The van der Waals surface area contributed by atoms with Crippen LogP contribution >= 0.6 is 0 Å². The summed E-state index contributed by atoms with van der Waals surface area (Å²) in [6, 6.07) is 16.6. The molecule has 138 valence electrons. The molecule has 0 aliphatic rings. The summed E-state index contributed by atoms with van der Waals surface area (Å²) in [7, 11) is 0. The van der Waals surface area contributed by atoms with Gasteiger partial charge in [-0.2, -0.15) is 0 Å². The van der Waals surface area contributed by atoms with Crippen LogP contribution in [0.3, 0.4) is 0 Å². The Bertz CT molecular complexity index is 733. The van der Waals surface area contributed by atoms with Crippen molar-refractivity contribution in [1.29, 1.82) is 0 Å². The van der Waals surface area contributed by atoms with Crippen LogP contribution in [0.25, 0.3) is 0 Å². The van der Waals surface area contributed by atoms with Crippen molar-refractivity contribution < 1.29 is 19.1 Å². The summed E-state index contributed by atoms with van der Waals surface area (Å²) >= 11 is 0. The van der Waals surface area contributed by atoms with Crippen molar-refractivity contribution in [1.82, 2.24) is 0 Å². The highest BCUT2D eigenvalue weighted by atomic mass is 16.6. The zero-order valence-electron chi connectivity index (χ0n) is 15.6. The van der Waals surface area contributed by atoms with Gasteiger partial charge < -0.3 is 14.8 Å². The highest BCUT2D eigenvalue weighted by Crippen LogP contribution is 2.23. The molecule has 0 bridgehead atoms. The molecular formula is C21H25NO4. The molecule has 0 saturated heterocycles. The number of carbonyl (C=O) groups excluding carboxylic acids is 2. The average molecular weight is 355 g/mol. The summed E-state index contributed by atoms with van der Waals surface area (Å²) < 4.78 is 10.5. The predicted octanol–water partition coefficient (Wildman–Crippen LogP) is 3.93. The van der Waals surface area contributed by atoms with Gasteiger partial charge in [-0.15, -0.1) is 0 Å². The first-order valence-electron chi connectivity index (χ1n) is 8.54. The molecule has 5 nitrogen and oxygen atoms in total. The molecule has 0 spiro atoms. The summed E-state index contributed by atoms with van der Waals surface area (Å²) in [5.74, 6) is -0.416. The second-order valence-electron chi connectivity index (χ2n) is 7.06. The number of benzene rings is 2. The fourth-order valence-corrected chi connectivity index (χ4v) is 2.26. The van der Waals surface area contributed by atoms with Gasteiger partial charge in [0.05, 0.1) is 0 Å². The van der Waals surface area contributed by atoms with Crippen LogP contribution in [0.4, 0.5) is 5.69 Å². The Morgan fingerprint density at radius 2 is 1.62 bits per heavy atom. The number of nitrogens with one attached hydrogen (secondary N) is 1. The zero-order valence-corrected chi connectivity index (χ0v) is 15.6. The minimum absolute atomic E-state index is 0.0486. The maximum absolute atomic E-state index is 12.0. The average Bonchev–Trinajstić information content (AvgIpc) is 2.60. The molecule has 2 rings (SSSR count). The fourth-order valence-electron chi connectivity index (χ4n) is 2.26. The third kappa shape index (κ3) is 5.92. The lowest BCUT2D eigenvalue weighted by Crippen LogP contribution is -2.29.